The molecule has 0 spiro atoms. The molecule has 1 heterocycles. The van der Waals surface area contributed by atoms with Crippen LogP contribution >= 0.6 is 11.6 Å². The van der Waals surface area contributed by atoms with Crippen molar-refractivity contribution < 1.29 is 9.53 Å². The molecule has 1 aliphatic carbocycles. The smallest absolute Gasteiger partial charge is 0.228 e. The number of halogens is 1. The standard InChI is InChI=1S/C21H31ClN2O2/c1-26-16-21(11-13-23-14-12-21)19(25)24-15-20(9-3-2-4-10-20)17-5-7-18(22)8-6-17/h5-8,23H,2-4,9-16H2,1H3,(H,24,25). The average Bonchev–Trinajstić information content (AvgIpc) is 2.68. The molecule has 2 fully saturated rings. The molecule has 0 radical (unpaired) electrons. The molecule has 2 aliphatic rings. The van der Waals surface area contributed by atoms with Crippen molar-refractivity contribution in [1.29, 1.82) is 0 Å². The Morgan fingerprint density at radius 2 is 1.77 bits per heavy atom. The van der Waals surface area contributed by atoms with Gasteiger partial charge in [-0.05, 0) is 56.5 Å². The van der Waals surface area contributed by atoms with Gasteiger partial charge in [0, 0.05) is 24.1 Å². The second-order valence-electron chi connectivity index (χ2n) is 7.99. The summed E-state index contributed by atoms with van der Waals surface area (Å²) in [7, 11) is 1.69. The lowest BCUT2D eigenvalue weighted by atomic mass is 9.69. The fourth-order valence-electron chi connectivity index (χ4n) is 4.66. The van der Waals surface area contributed by atoms with Crippen LogP contribution in [0.15, 0.2) is 24.3 Å². The van der Waals surface area contributed by atoms with Gasteiger partial charge in [-0.25, -0.2) is 0 Å². The van der Waals surface area contributed by atoms with E-state index in [2.05, 4.69) is 22.8 Å². The molecule has 0 bridgehead atoms. The molecule has 144 valence electrons. The first-order chi connectivity index (χ1) is 12.6. The molecule has 1 aromatic rings. The summed E-state index contributed by atoms with van der Waals surface area (Å²) in [5.74, 6) is 0.153. The summed E-state index contributed by atoms with van der Waals surface area (Å²) in [6.07, 6.45) is 7.61. The van der Waals surface area contributed by atoms with E-state index in [9.17, 15) is 4.79 Å². The Labute approximate surface area is 162 Å². The number of piperidine rings is 1. The van der Waals surface area contributed by atoms with E-state index in [4.69, 9.17) is 16.3 Å². The summed E-state index contributed by atoms with van der Waals surface area (Å²) < 4.78 is 5.42. The predicted molar refractivity (Wildman–Crippen MR) is 106 cm³/mol. The Hall–Kier alpha value is -1.10. The zero-order valence-electron chi connectivity index (χ0n) is 15.8. The van der Waals surface area contributed by atoms with Gasteiger partial charge in [0.1, 0.15) is 0 Å². The van der Waals surface area contributed by atoms with Crippen molar-refractivity contribution in [1.82, 2.24) is 10.6 Å². The number of amides is 1. The Morgan fingerprint density at radius 1 is 1.12 bits per heavy atom. The highest BCUT2D eigenvalue weighted by atomic mass is 35.5. The summed E-state index contributed by atoms with van der Waals surface area (Å²) in [5.41, 5.74) is 0.934. The monoisotopic (exact) mass is 378 g/mol. The van der Waals surface area contributed by atoms with Crippen molar-refractivity contribution in [2.24, 2.45) is 5.41 Å². The van der Waals surface area contributed by atoms with Crippen LogP contribution in [0.5, 0.6) is 0 Å². The summed E-state index contributed by atoms with van der Waals surface area (Å²) in [5, 5.41) is 7.43. The van der Waals surface area contributed by atoms with Crippen LogP contribution in [0.3, 0.4) is 0 Å². The first kappa shape index (κ1) is 19.7. The highest BCUT2D eigenvalue weighted by Gasteiger charge is 2.41. The number of methoxy groups -OCH3 is 1. The third kappa shape index (κ3) is 4.24. The quantitative estimate of drug-likeness (QED) is 0.794. The zero-order valence-corrected chi connectivity index (χ0v) is 16.5. The lowest BCUT2D eigenvalue weighted by molar-refractivity contribution is -0.136. The maximum Gasteiger partial charge on any atom is 0.228 e. The molecule has 2 N–H and O–H groups in total. The first-order valence-corrected chi connectivity index (χ1v) is 10.2. The van der Waals surface area contributed by atoms with E-state index in [0.717, 1.165) is 43.8 Å². The van der Waals surface area contributed by atoms with E-state index in [1.807, 2.05) is 12.1 Å². The van der Waals surface area contributed by atoms with Crippen molar-refractivity contribution in [3.8, 4) is 0 Å². The number of nitrogens with one attached hydrogen (secondary N) is 2. The Morgan fingerprint density at radius 3 is 2.38 bits per heavy atom. The number of rotatable bonds is 6. The van der Waals surface area contributed by atoms with Gasteiger partial charge >= 0.3 is 0 Å². The third-order valence-corrected chi connectivity index (χ3v) is 6.57. The van der Waals surface area contributed by atoms with Gasteiger partial charge in [0.25, 0.3) is 0 Å². The molecule has 5 heteroatoms. The van der Waals surface area contributed by atoms with E-state index in [1.54, 1.807) is 7.11 Å². The summed E-state index contributed by atoms with van der Waals surface area (Å²) in [6.45, 7) is 2.94. The molecule has 3 rings (SSSR count). The van der Waals surface area contributed by atoms with Crippen LogP contribution in [-0.4, -0.2) is 39.3 Å². The highest BCUT2D eigenvalue weighted by molar-refractivity contribution is 6.30. The molecule has 1 aromatic carbocycles. The molecular weight excluding hydrogens is 348 g/mol. The second-order valence-corrected chi connectivity index (χ2v) is 8.43. The van der Waals surface area contributed by atoms with Crippen LogP contribution in [0, 0.1) is 5.41 Å². The number of hydrogen-bond donors (Lipinski definition) is 2. The number of benzene rings is 1. The van der Waals surface area contributed by atoms with Crippen LogP contribution in [0.1, 0.15) is 50.5 Å². The van der Waals surface area contributed by atoms with Crippen molar-refractivity contribution in [2.45, 2.75) is 50.4 Å². The van der Waals surface area contributed by atoms with E-state index in [-0.39, 0.29) is 11.3 Å². The minimum absolute atomic E-state index is 0.0275. The molecule has 1 saturated carbocycles. The molecule has 1 saturated heterocycles. The maximum atomic E-state index is 13.1. The number of carbonyl (C=O) groups excluding carboxylic acids is 1. The molecule has 0 unspecified atom stereocenters. The number of carbonyl (C=O) groups is 1. The molecule has 4 nitrogen and oxygen atoms in total. The van der Waals surface area contributed by atoms with Gasteiger partial charge in [-0.2, -0.15) is 0 Å². The van der Waals surface area contributed by atoms with Crippen LogP contribution in [0.2, 0.25) is 5.02 Å². The molecule has 1 aliphatic heterocycles. The van der Waals surface area contributed by atoms with Gasteiger partial charge in [-0.3, -0.25) is 4.79 Å². The fraction of sp³-hybridized carbons (Fsp3) is 0.667. The van der Waals surface area contributed by atoms with Crippen molar-refractivity contribution in [2.75, 3.05) is 33.4 Å². The van der Waals surface area contributed by atoms with Crippen LogP contribution < -0.4 is 10.6 Å². The fourth-order valence-corrected chi connectivity index (χ4v) is 4.78. The van der Waals surface area contributed by atoms with E-state index in [1.165, 1.54) is 24.8 Å². The first-order valence-electron chi connectivity index (χ1n) is 9.84. The lowest BCUT2D eigenvalue weighted by Gasteiger charge is -2.40. The molecule has 1 amide bonds. The molecular formula is C21H31ClN2O2. The zero-order chi connectivity index (χ0) is 18.5. The van der Waals surface area contributed by atoms with Crippen LogP contribution in [0.25, 0.3) is 0 Å². The van der Waals surface area contributed by atoms with E-state index < -0.39 is 5.41 Å². The van der Waals surface area contributed by atoms with Gasteiger partial charge in [-0.1, -0.05) is 43.0 Å². The van der Waals surface area contributed by atoms with Gasteiger partial charge in [0.15, 0.2) is 0 Å². The minimum Gasteiger partial charge on any atom is -0.384 e. The van der Waals surface area contributed by atoms with E-state index in [0.29, 0.717) is 13.2 Å². The summed E-state index contributed by atoms with van der Waals surface area (Å²) in [6, 6.07) is 8.20. The topological polar surface area (TPSA) is 50.4 Å². The van der Waals surface area contributed by atoms with Crippen molar-refractivity contribution in [3.63, 3.8) is 0 Å². The number of ether oxygens (including phenoxy) is 1. The predicted octanol–water partition coefficient (Wildman–Crippen LogP) is 3.67. The van der Waals surface area contributed by atoms with E-state index >= 15 is 0 Å². The summed E-state index contributed by atoms with van der Waals surface area (Å²) in [4.78, 5) is 13.1. The lowest BCUT2D eigenvalue weighted by Crippen LogP contribution is -2.53. The van der Waals surface area contributed by atoms with Crippen molar-refractivity contribution >= 4 is 17.5 Å². The second kappa shape index (κ2) is 8.73. The molecule has 0 aromatic heterocycles. The van der Waals surface area contributed by atoms with Gasteiger partial charge in [-0.15, -0.1) is 0 Å². The maximum absolute atomic E-state index is 13.1. The number of hydrogen-bond acceptors (Lipinski definition) is 3. The van der Waals surface area contributed by atoms with Gasteiger partial charge in [0.05, 0.1) is 12.0 Å². The SMILES string of the molecule is COCC1(C(=O)NCC2(c3ccc(Cl)cc3)CCCCC2)CCNCC1. The minimum atomic E-state index is -0.393. The molecule has 0 atom stereocenters. The summed E-state index contributed by atoms with van der Waals surface area (Å²) >= 11 is 6.09. The molecule has 26 heavy (non-hydrogen) atoms. The van der Waals surface area contributed by atoms with Crippen LogP contribution in [-0.2, 0) is 14.9 Å². The van der Waals surface area contributed by atoms with Crippen LogP contribution in [0.4, 0.5) is 0 Å². The average molecular weight is 379 g/mol. The third-order valence-electron chi connectivity index (χ3n) is 6.32. The highest BCUT2D eigenvalue weighted by Crippen LogP contribution is 2.40. The Bertz CT molecular complexity index is 585. The normalized spacial score (nSPS) is 21.9. The van der Waals surface area contributed by atoms with Gasteiger partial charge < -0.3 is 15.4 Å². The Kier molecular flexibility index (Phi) is 6.60. The van der Waals surface area contributed by atoms with Crippen molar-refractivity contribution in [3.05, 3.63) is 34.9 Å². The van der Waals surface area contributed by atoms with Gasteiger partial charge in [0.2, 0.25) is 5.91 Å². The Balaban J connectivity index is 1.75. The largest absolute Gasteiger partial charge is 0.384 e.